The average Bonchev–Trinajstić information content (AvgIpc) is 3.30. The van der Waals surface area contributed by atoms with Crippen molar-refractivity contribution < 1.29 is 4.74 Å². The van der Waals surface area contributed by atoms with Crippen molar-refractivity contribution in [3.05, 3.63) is 24.0 Å². The average molecular weight is 261 g/mol. The van der Waals surface area contributed by atoms with Crippen LogP contribution in [0.2, 0.25) is 0 Å². The van der Waals surface area contributed by atoms with Crippen LogP contribution < -0.4 is 10.2 Å². The van der Waals surface area contributed by atoms with Crippen LogP contribution in [0, 0.1) is 0 Å². The summed E-state index contributed by atoms with van der Waals surface area (Å²) in [4.78, 5) is 6.73. The van der Waals surface area contributed by atoms with E-state index in [-0.39, 0.29) is 0 Å². The van der Waals surface area contributed by atoms with Gasteiger partial charge >= 0.3 is 0 Å². The number of hydrogen-bond acceptors (Lipinski definition) is 4. The van der Waals surface area contributed by atoms with Gasteiger partial charge in [0, 0.05) is 49.3 Å². The molecule has 1 unspecified atom stereocenters. The number of aromatic nitrogens is 1. The second-order valence-corrected chi connectivity index (χ2v) is 5.51. The van der Waals surface area contributed by atoms with Gasteiger partial charge in [0.1, 0.15) is 0 Å². The topological polar surface area (TPSA) is 37.4 Å². The fourth-order valence-electron chi connectivity index (χ4n) is 2.59. The van der Waals surface area contributed by atoms with E-state index in [9.17, 15) is 0 Å². The standard InChI is InChI=1S/C15H23N3O/c1-2-14-11-18(7-8-19-14)15-5-6-16-9-12(15)10-17-13-3-4-13/h5-6,9,13-14,17H,2-4,7-8,10-11H2,1H3. The van der Waals surface area contributed by atoms with E-state index in [2.05, 4.69) is 28.2 Å². The molecule has 3 rings (SSSR count). The van der Waals surface area contributed by atoms with E-state index in [0.29, 0.717) is 6.10 Å². The molecule has 0 aromatic carbocycles. The Kier molecular flexibility index (Phi) is 3.99. The smallest absolute Gasteiger partial charge is 0.0748 e. The highest BCUT2D eigenvalue weighted by molar-refractivity contribution is 5.52. The molecule has 0 radical (unpaired) electrons. The Morgan fingerprint density at radius 1 is 1.47 bits per heavy atom. The van der Waals surface area contributed by atoms with Crippen LogP contribution in [0.25, 0.3) is 0 Å². The van der Waals surface area contributed by atoms with E-state index in [1.165, 1.54) is 24.1 Å². The third kappa shape index (κ3) is 3.25. The molecule has 1 aromatic heterocycles. The zero-order valence-corrected chi connectivity index (χ0v) is 11.6. The van der Waals surface area contributed by atoms with Gasteiger partial charge in [-0.2, -0.15) is 0 Å². The van der Waals surface area contributed by atoms with Crippen molar-refractivity contribution in [2.75, 3.05) is 24.6 Å². The number of rotatable bonds is 5. The molecule has 2 aliphatic rings. The Balaban J connectivity index is 1.70. The Bertz CT molecular complexity index is 420. The Hall–Kier alpha value is -1.13. The van der Waals surface area contributed by atoms with E-state index >= 15 is 0 Å². The van der Waals surface area contributed by atoms with E-state index in [1.807, 2.05) is 12.4 Å². The summed E-state index contributed by atoms with van der Waals surface area (Å²) < 4.78 is 5.75. The maximum Gasteiger partial charge on any atom is 0.0748 e. The number of anilines is 1. The molecule has 4 nitrogen and oxygen atoms in total. The summed E-state index contributed by atoms with van der Waals surface area (Å²) in [5.74, 6) is 0. The van der Waals surface area contributed by atoms with Gasteiger partial charge in [0.15, 0.2) is 0 Å². The van der Waals surface area contributed by atoms with Crippen LogP contribution in [0.5, 0.6) is 0 Å². The lowest BCUT2D eigenvalue weighted by molar-refractivity contribution is 0.0384. The van der Waals surface area contributed by atoms with Crippen molar-refractivity contribution in [2.45, 2.75) is 44.9 Å². The summed E-state index contributed by atoms with van der Waals surface area (Å²) in [6.45, 7) is 5.93. The summed E-state index contributed by atoms with van der Waals surface area (Å²) in [5, 5.41) is 3.58. The van der Waals surface area contributed by atoms with Gasteiger partial charge in [0.05, 0.1) is 12.7 Å². The van der Waals surface area contributed by atoms with Crippen LogP contribution in [0.15, 0.2) is 18.5 Å². The molecule has 0 amide bonds. The van der Waals surface area contributed by atoms with Gasteiger partial charge in [-0.25, -0.2) is 0 Å². The second-order valence-electron chi connectivity index (χ2n) is 5.51. The SMILES string of the molecule is CCC1CN(c2ccncc2CNC2CC2)CCO1. The van der Waals surface area contributed by atoms with E-state index in [0.717, 1.165) is 38.7 Å². The lowest BCUT2D eigenvalue weighted by Gasteiger charge is -2.35. The third-order valence-corrected chi connectivity index (χ3v) is 3.97. The minimum atomic E-state index is 0.367. The molecule has 1 N–H and O–H groups in total. The molecule has 0 spiro atoms. The predicted molar refractivity (Wildman–Crippen MR) is 76.3 cm³/mol. The molecular formula is C15H23N3O. The number of morpholine rings is 1. The summed E-state index contributed by atoms with van der Waals surface area (Å²) in [6.07, 6.45) is 7.99. The summed E-state index contributed by atoms with van der Waals surface area (Å²) in [7, 11) is 0. The maximum atomic E-state index is 5.75. The molecule has 1 atom stereocenters. The van der Waals surface area contributed by atoms with Gasteiger partial charge in [-0.1, -0.05) is 6.92 Å². The Morgan fingerprint density at radius 3 is 3.16 bits per heavy atom. The van der Waals surface area contributed by atoms with Crippen LogP contribution in [0.3, 0.4) is 0 Å². The quantitative estimate of drug-likeness (QED) is 0.879. The minimum absolute atomic E-state index is 0.367. The first-order valence-corrected chi connectivity index (χ1v) is 7.39. The molecule has 104 valence electrons. The second kappa shape index (κ2) is 5.88. The number of nitrogens with one attached hydrogen (secondary N) is 1. The first-order valence-electron chi connectivity index (χ1n) is 7.39. The molecule has 4 heteroatoms. The lowest BCUT2D eigenvalue weighted by atomic mass is 10.1. The van der Waals surface area contributed by atoms with Crippen molar-refractivity contribution >= 4 is 5.69 Å². The number of ether oxygens (including phenoxy) is 1. The molecular weight excluding hydrogens is 238 g/mol. The molecule has 1 aliphatic carbocycles. The summed E-state index contributed by atoms with van der Waals surface area (Å²) in [6, 6.07) is 2.88. The van der Waals surface area contributed by atoms with E-state index in [1.54, 1.807) is 0 Å². The van der Waals surface area contributed by atoms with Crippen LogP contribution in [0.1, 0.15) is 31.7 Å². The molecule has 1 saturated heterocycles. The van der Waals surface area contributed by atoms with Gasteiger partial charge in [0.2, 0.25) is 0 Å². The monoisotopic (exact) mass is 261 g/mol. The van der Waals surface area contributed by atoms with Crippen LogP contribution >= 0.6 is 0 Å². The van der Waals surface area contributed by atoms with Crippen molar-refractivity contribution in [3.8, 4) is 0 Å². The third-order valence-electron chi connectivity index (χ3n) is 3.97. The Labute approximate surface area is 115 Å². The molecule has 2 fully saturated rings. The van der Waals surface area contributed by atoms with Gasteiger partial charge in [-0.05, 0) is 25.3 Å². The zero-order valence-electron chi connectivity index (χ0n) is 11.6. The van der Waals surface area contributed by atoms with Crippen molar-refractivity contribution in [1.82, 2.24) is 10.3 Å². The fraction of sp³-hybridized carbons (Fsp3) is 0.667. The van der Waals surface area contributed by atoms with Crippen LogP contribution in [-0.4, -0.2) is 36.8 Å². The number of nitrogens with zero attached hydrogens (tertiary/aromatic N) is 2. The van der Waals surface area contributed by atoms with Gasteiger partial charge in [0.25, 0.3) is 0 Å². The highest BCUT2D eigenvalue weighted by Crippen LogP contribution is 2.24. The highest BCUT2D eigenvalue weighted by atomic mass is 16.5. The molecule has 19 heavy (non-hydrogen) atoms. The summed E-state index contributed by atoms with van der Waals surface area (Å²) >= 11 is 0. The van der Waals surface area contributed by atoms with Gasteiger partial charge in [-0.3, -0.25) is 4.98 Å². The fourth-order valence-corrected chi connectivity index (χ4v) is 2.59. The normalized spacial score (nSPS) is 23.6. The first-order chi connectivity index (χ1) is 9.36. The van der Waals surface area contributed by atoms with Crippen molar-refractivity contribution in [1.29, 1.82) is 0 Å². The molecule has 1 aliphatic heterocycles. The minimum Gasteiger partial charge on any atom is -0.375 e. The van der Waals surface area contributed by atoms with Crippen molar-refractivity contribution in [3.63, 3.8) is 0 Å². The number of hydrogen-bond donors (Lipinski definition) is 1. The molecule has 1 aromatic rings. The molecule has 2 heterocycles. The van der Waals surface area contributed by atoms with Crippen LogP contribution in [-0.2, 0) is 11.3 Å². The summed E-state index contributed by atoms with van der Waals surface area (Å²) in [5.41, 5.74) is 2.64. The lowest BCUT2D eigenvalue weighted by Crippen LogP contribution is -2.42. The first kappa shape index (κ1) is 12.9. The van der Waals surface area contributed by atoms with Gasteiger partial charge < -0.3 is 15.0 Å². The predicted octanol–water partition coefficient (Wildman–Crippen LogP) is 1.95. The Morgan fingerprint density at radius 2 is 2.37 bits per heavy atom. The number of pyridine rings is 1. The van der Waals surface area contributed by atoms with E-state index in [4.69, 9.17) is 4.74 Å². The van der Waals surface area contributed by atoms with Crippen molar-refractivity contribution in [2.24, 2.45) is 0 Å². The largest absolute Gasteiger partial charge is 0.375 e. The highest BCUT2D eigenvalue weighted by Gasteiger charge is 2.23. The molecule has 1 saturated carbocycles. The van der Waals surface area contributed by atoms with Gasteiger partial charge in [-0.15, -0.1) is 0 Å². The van der Waals surface area contributed by atoms with Crippen LogP contribution in [0.4, 0.5) is 5.69 Å². The zero-order chi connectivity index (χ0) is 13.1. The molecule has 0 bridgehead atoms. The maximum absolute atomic E-state index is 5.75. The van der Waals surface area contributed by atoms with E-state index < -0.39 is 0 Å².